The summed E-state index contributed by atoms with van der Waals surface area (Å²) in [4.78, 5) is 14.8. The quantitative estimate of drug-likeness (QED) is 0.341. The molecular weight excluding hydrogens is 496 g/mol. The van der Waals surface area contributed by atoms with Gasteiger partial charge in [0.25, 0.3) is 0 Å². The minimum absolute atomic E-state index is 0.0650. The molecule has 0 saturated carbocycles. The van der Waals surface area contributed by atoms with Crippen LogP contribution in [0.5, 0.6) is 5.75 Å². The highest BCUT2D eigenvalue weighted by atomic mass is 79.9. The lowest BCUT2D eigenvalue weighted by atomic mass is 10.0. The fraction of sp³-hybridized carbons (Fsp3) is 0.333. The Labute approximate surface area is 208 Å². The zero-order chi connectivity index (χ0) is 24.5. The van der Waals surface area contributed by atoms with Crippen LogP contribution in [0, 0.1) is 11.3 Å². The molecule has 0 radical (unpaired) electrons. The van der Waals surface area contributed by atoms with Gasteiger partial charge in [0.05, 0.1) is 30.0 Å². The van der Waals surface area contributed by atoms with Crippen LogP contribution in [0.2, 0.25) is 0 Å². The first-order chi connectivity index (χ1) is 16.2. The second kappa shape index (κ2) is 9.65. The maximum Gasteiger partial charge on any atom is 0.414 e. The van der Waals surface area contributed by atoms with Crippen molar-refractivity contribution < 1.29 is 19.0 Å². The molecule has 1 heterocycles. The number of carbonyl (C=O) groups excluding carboxylic acids is 1. The van der Waals surface area contributed by atoms with Crippen molar-refractivity contribution in [3.8, 4) is 11.8 Å². The van der Waals surface area contributed by atoms with Gasteiger partial charge in [0.1, 0.15) is 24.1 Å². The molecule has 2 atom stereocenters. The fourth-order valence-electron chi connectivity index (χ4n) is 3.65. The normalized spacial score (nSPS) is 17.2. The molecule has 0 aliphatic carbocycles. The molecule has 4 rings (SSSR count). The van der Waals surface area contributed by atoms with Gasteiger partial charge >= 0.3 is 6.09 Å². The number of carbonyl (C=O) groups is 1. The van der Waals surface area contributed by atoms with Crippen LogP contribution in [0.3, 0.4) is 0 Å². The number of rotatable bonds is 6. The highest BCUT2D eigenvalue weighted by Gasteiger charge is 2.39. The third-order valence-electron chi connectivity index (χ3n) is 5.48. The fourth-order valence-corrected chi connectivity index (χ4v) is 4.33. The number of epoxide rings is 1. The molecule has 1 saturated heterocycles. The lowest BCUT2D eigenvalue weighted by Gasteiger charge is -2.28. The van der Waals surface area contributed by atoms with Gasteiger partial charge in [-0.25, -0.2) is 4.79 Å². The summed E-state index contributed by atoms with van der Waals surface area (Å²) in [5.41, 5.74) is 1.52. The predicted molar refractivity (Wildman–Crippen MR) is 135 cm³/mol. The van der Waals surface area contributed by atoms with Crippen molar-refractivity contribution in [1.82, 2.24) is 0 Å². The first-order valence-corrected chi connectivity index (χ1v) is 11.9. The number of benzene rings is 3. The lowest BCUT2D eigenvalue weighted by Crippen LogP contribution is -2.39. The molecule has 3 aromatic carbocycles. The maximum absolute atomic E-state index is 13.3. The Hall–Kier alpha value is -3.08. The molecule has 0 spiro atoms. The van der Waals surface area contributed by atoms with E-state index in [0.29, 0.717) is 30.2 Å². The van der Waals surface area contributed by atoms with E-state index in [1.807, 2.05) is 70.2 Å². The molecule has 6 nitrogen and oxygen atoms in total. The molecule has 0 aromatic heterocycles. The summed E-state index contributed by atoms with van der Waals surface area (Å²) in [6, 6.07) is 19.3. The summed E-state index contributed by atoms with van der Waals surface area (Å²) < 4.78 is 18.3. The molecule has 34 heavy (non-hydrogen) atoms. The van der Waals surface area contributed by atoms with Gasteiger partial charge in [-0.05, 0) is 61.3 Å². The van der Waals surface area contributed by atoms with Crippen LogP contribution < -0.4 is 9.64 Å². The first-order valence-electron chi connectivity index (χ1n) is 11.2. The molecule has 176 valence electrons. The minimum Gasteiger partial charge on any atom is -0.488 e. The molecule has 1 aliphatic heterocycles. The second-order valence-corrected chi connectivity index (χ2v) is 10.1. The van der Waals surface area contributed by atoms with E-state index < -0.39 is 11.7 Å². The number of fused-ring (bicyclic) bond motifs is 1. The van der Waals surface area contributed by atoms with Gasteiger partial charge in [-0.2, -0.15) is 5.26 Å². The Morgan fingerprint density at radius 2 is 1.85 bits per heavy atom. The number of anilines is 1. The summed E-state index contributed by atoms with van der Waals surface area (Å²) in [5.74, 6) is 0.576. The number of ether oxygens (including phenoxy) is 3. The second-order valence-electron chi connectivity index (χ2n) is 9.32. The van der Waals surface area contributed by atoms with Gasteiger partial charge in [0.2, 0.25) is 0 Å². The SMILES string of the molecule is C[C@H]1O[C@@H]1CN(C(=O)OC(C)(C)C)c1cc(OCc2ccccc2)c2cc(C#N)ccc2c1Br. The molecule has 0 N–H and O–H groups in total. The summed E-state index contributed by atoms with van der Waals surface area (Å²) >= 11 is 3.70. The van der Waals surface area contributed by atoms with Crippen molar-refractivity contribution in [3.05, 3.63) is 70.2 Å². The number of nitrogens with zero attached hydrogens (tertiary/aromatic N) is 2. The van der Waals surface area contributed by atoms with Crippen LogP contribution in [0.25, 0.3) is 10.8 Å². The highest BCUT2D eigenvalue weighted by Crippen LogP contribution is 2.42. The van der Waals surface area contributed by atoms with E-state index in [0.717, 1.165) is 20.8 Å². The molecule has 1 fully saturated rings. The monoisotopic (exact) mass is 522 g/mol. The van der Waals surface area contributed by atoms with Crippen molar-refractivity contribution in [1.29, 1.82) is 5.26 Å². The summed E-state index contributed by atoms with van der Waals surface area (Å²) in [5, 5.41) is 11.0. The number of hydrogen-bond donors (Lipinski definition) is 0. The van der Waals surface area contributed by atoms with Gasteiger partial charge < -0.3 is 14.2 Å². The Morgan fingerprint density at radius 1 is 1.15 bits per heavy atom. The van der Waals surface area contributed by atoms with Crippen LogP contribution >= 0.6 is 15.9 Å². The number of amides is 1. The van der Waals surface area contributed by atoms with Crippen molar-refractivity contribution in [3.63, 3.8) is 0 Å². The average Bonchev–Trinajstić information content (AvgIpc) is 3.51. The molecule has 3 aromatic rings. The van der Waals surface area contributed by atoms with E-state index in [9.17, 15) is 10.1 Å². The Balaban J connectivity index is 1.80. The third-order valence-corrected chi connectivity index (χ3v) is 6.32. The number of halogens is 1. The van der Waals surface area contributed by atoms with Gasteiger partial charge in [0.15, 0.2) is 0 Å². The molecule has 0 unspecified atom stereocenters. The zero-order valence-corrected chi connectivity index (χ0v) is 21.3. The van der Waals surface area contributed by atoms with E-state index in [1.165, 1.54) is 0 Å². The van der Waals surface area contributed by atoms with E-state index in [1.54, 1.807) is 17.0 Å². The molecule has 1 amide bonds. The summed E-state index contributed by atoms with van der Waals surface area (Å²) in [6.45, 7) is 8.20. The average molecular weight is 523 g/mol. The smallest absolute Gasteiger partial charge is 0.414 e. The molecule has 0 bridgehead atoms. The number of nitriles is 1. The molecule has 7 heteroatoms. The van der Waals surface area contributed by atoms with Crippen molar-refractivity contribution in [2.24, 2.45) is 0 Å². The third kappa shape index (κ3) is 5.52. The van der Waals surface area contributed by atoms with Crippen LogP contribution in [-0.2, 0) is 16.1 Å². The zero-order valence-electron chi connectivity index (χ0n) is 19.7. The topological polar surface area (TPSA) is 75.1 Å². The Kier molecular flexibility index (Phi) is 6.83. The van der Waals surface area contributed by atoms with Crippen molar-refractivity contribution in [2.75, 3.05) is 11.4 Å². The van der Waals surface area contributed by atoms with E-state index >= 15 is 0 Å². The van der Waals surface area contributed by atoms with Gasteiger partial charge in [-0.1, -0.05) is 36.4 Å². The van der Waals surface area contributed by atoms with Gasteiger partial charge in [-0.3, -0.25) is 4.90 Å². The number of hydrogen-bond acceptors (Lipinski definition) is 5. The van der Waals surface area contributed by atoms with Crippen LogP contribution in [-0.4, -0.2) is 30.4 Å². The summed E-state index contributed by atoms with van der Waals surface area (Å²) in [7, 11) is 0. The van der Waals surface area contributed by atoms with Gasteiger partial charge in [0, 0.05) is 21.3 Å². The van der Waals surface area contributed by atoms with Crippen molar-refractivity contribution in [2.45, 2.75) is 52.1 Å². The molecule has 1 aliphatic rings. The lowest BCUT2D eigenvalue weighted by molar-refractivity contribution is 0.0577. The Morgan fingerprint density at radius 3 is 2.47 bits per heavy atom. The standard InChI is InChI=1S/C27H27BrN2O4/c1-17-24(33-17)15-30(26(31)34-27(2,3)4)22-13-23(32-16-18-8-6-5-7-9-18)21-12-19(14-29)10-11-20(21)25(22)28/h5-13,17,24H,15-16H2,1-4H3/t17-,24-/m1/s1. The van der Waals surface area contributed by atoms with Crippen LogP contribution in [0.15, 0.2) is 59.1 Å². The Bertz CT molecular complexity index is 1250. The van der Waals surface area contributed by atoms with Gasteiger partial charge in [-0.15, -0.1) is 0 Å². The van der Waals surface area contributed by atoms with Crippen LogP contribution in [0.4, 0.5) is 10.5 Å². The van der Waals surface area contributed by atoms with E-state index in [2.05, 4.69) is 22.0 Å². The summed E-state index contributed by atoms with van der Waals surface area (Å²) in [6.07, 6.45) is -0.446. The van der Waals surface area contributed by atoms with Crippen molar-refractivity contribution >= 4 is 38.5 Å². The minimum atomic E-state index is -0.650. The maximum atomic E-state index is 13.3. The highest BCUT2D eigenvalue weighted by molar-refractivity contribution is 9.10. The largest absolute Gasteiger partial charge is 0.488 e. The first kappa shape index (κ1) is 24.1. The van der Waals surface area contributed by atoms with E-state index in [-0.39, 0.29) is 12.2 Å². The predicted octanol–water partition coefficient (Wildman–Crippen LogP) is 6.58. The van der Waals surface area contributed by atoms with E-state index in [4.69, 9.17) is 14.2 Å². The molecular formula is C27H27BrN2O4. The van der Waals surface area contributed by atoms with Crippen LogP contribution in [0.1, 0.15) is 38.8 Å².